The molecule has 0 saturated carbocycles. The summed E-state index contributed by atoms with van der Waals surface area (Å²) in [6.45, 7) is 9.20. The molecule has 6 rings (SSSR count). The number of aryl methyl sites for hydroxylation is 1. The van der Waals surface area contributed by atoms with Crippen molar-refractivity contribution in [2.75, 3.05) is 20.1 Å². The Bertz CT molecular complexity index is 1610. The van der Waals surface area contributed by atoms with Gasteiger partial charge in [0.05, 0.1) is 29.0 Å². The number of nitrogens with zero attached hydrogens (tertiary/aromatic N) is 4. The lowest BCUT2D eigenvalue weighted by Crippen LogP contribution is -2.57. The molecule has 1 amide bonds. The SMILES string of the molecule is CC[C@@]1(O)C(=O)OCc2c1cc1n(c2=O)Cc2cc3c(C)c(OC(=O)N4C[C@H](C)N(C)C[C@H]4C)ccc3nc2-1. The molecule has 10 nitrogen and oxygen atoms in total. The number of piperazine rings is 1. The van der Waals surface area contributed by atoms with Gasteiger partial charge < -0.3 is 24.0 Å². The molecule has 1 saturated heterocycles. The van der Waals surface area contributed by atoms with Crippen molar-refractivity contribution in [1.29, 1.82) is 0 Å². The van der Waals surface area contributed by atoms with E-state index in [-0.39, 0.29) is 47.9 Å². The molecule has 0 unspecified atom stereocenters. The Labute approximate surface area is 225 Å². The van der Waals surface area contributed by atoms with E-state index < -0.39 is 11.6 Å². The van der Waals surface area contributed by atoms with E-state index in [2.05, 4.69) is 18.9 Å². The van der Waals surface area contributed by atoms with Gasteiger partial charge in [-0.05, 0) is 58.5 Å². The maximum Gasteiger partial charge on any atom is 0.415 e. The molecule has 1 N–H and O–H groups in total. The summed E-state index contributed by atoms with van der Waals surface area (Å²) in [6, 6.07) is 7.52. The van der Waals surface area contributed by atoms with E-state index in [0.717, 1.165) is 23.1 Å². The predicted octanol–water partition coefficient (Wildman–Crippen LogP) is 2.91. The Morgan fingerprint density at radius 3 is 2.72 bits per heavy atom. The zero-order valence-electron chi connectivity index (χ0n) is 22.8. The first-order chi connectivity index (χ1) is 18.5. The summed E-state index contributed by atoms with van der Waals surface area (Å²) < 4.78 is 12.6. The number of fused-ring (bicyclic) bond motifs is 5. The van der Waals surface area contributed by atoms with E-state index in [1.807, 2.05) is 19.9 Å². The molecule has 1 aromatic carbocycles. The number of cyclic esters (lactones) is 1. The number of rotatable bonds is 2. The summed E-state index contributed by atoms with van der Waals surface area (Å²) >= 11 is 0. The Morgan fingerprint density at radius 1 is 1.21 bits per heavy atom. The highest BCUT2D eigenvalue weighted by Gasteiger charge is 2.45. The van der Waals surface area contributed by atoms with E-state index in [4.69, 9.17) is 14.5 Å². The highest BCUT2D eigenvalue weighted by Crippen LogP contribution is 2.39. The third kappa shape index (κ3) is 3.76. The number of likely N-dealkylation sites (N-methyl/N-ethyl adjacent to an activating group) is 1. The lowest BCUT2D eigenvalue weighted by molar-refractivity contribution is -0.172. The number of aromatic nitrogens is 2. The van der Waals surface area contributed by atoms with Gasteiger partial charge in [0.2, 0.25) is 0 Å². The number of amides is 1. The fourth-order valence-electron chi connectivity index (χ4n) is 5.99. The summed E-state index contributed by atoms with van der Waals surface area (Å²) in [7, 11) is 2.06. The molecule has 1 fully saturated rings. The van der Waals surface area contributed by atoms with E-state index in [1.54, 1.807) is 34.6 Å². The number of aliphatic hydroxyl groups is 1. The zero-order valence-corrected chi connectivity index (χ0v) is 22.8. The molecule has 0 aliphatic carbocycles. The van der Waals surface area contributed by atoms with E-state index in [0.29, 0.717) is 35.7 Å². The number of esters is 1. The van der Waals surface area contributed by atoms with Crippen LogP contribution in [0.4, 0.5) is 4.79 Å². The highest BCUT2D eigenvalue weighted by atomic mass is 16.6. The number of carbonyl (C=O) groups excluding carboxylic acids is 2. The van der Waals surface area contributed by atoms with Crippen LogP contribution in [0.5, 0.6) is 5.75 Å². The predicted molar refractivity (Wildman–Crippen MR) is 144 cm³/mol. The standard InChI is InChI=1S/C29H32N4O6/c1-6-29(37)21-10-23-25-18(13-33(23)26(34)20(21)14-38-27(29)35)9-19-17(4)24(8-7-22(19)30-25)39-28(36)32-12-15(2)31(5)11-16(32)3/h7-10,15-16,37H,6,11-14H2,1-5H3/t15-,16+,29-/m0/s1. The van der Waals surface area contributed by atoms with Gasteiger partial charge in [0.15, 0.2) is 5.60 Å². The molecule has 3 aliphatic rings. The molecule has 10 heteroatoms. The van der Waals surface area contributed by atoms with Crippen LogP contribution in [0.25, 0.3) is 22.3 Å². The van der Waals surface area contributed by atoms with Gasteiger partial charge in [0.25, 0.3) is 5.56 Å². The van der Waals surface area contributed by atoms with Crippen LogP contribution in [0.3, 0.4) is 0 Å². The Balaban J connectivity index is 1.37. The first-order valence-corrected chi connectivity index (χ1v) is 13.3. The van der Waals surface area contributed by atoms with E-state index in [9.17, 15) is 19.5 Å². The van der Waals surface area contributed by atoms with Crippen LogP contribution in [0.15, 0.2) is 29.1 Å². The summed E-state index contributed by atoms with van der Waals surface area (Å²) in [5.41, 5.74) is 1.91. The molecular weight excluding hydrogens is 500 g/mol. The van der Waals surface area contributed by atoms with Crippen molar-refractivity contribution in [3.05, 3.63) is 56.9 Å². The fraction of sp³-hybridized carbons (Fsp3) is 0.448. The molecule has 0 spiro atoms. The van der Waals surface area contributed by atoms with Gasteiger partial charge in [-0.2, -0.15) is 0 Å². The lowest BCUT2D eigenvalue weighted by Gasteiger charge is -2.41. The third-order valence-electron chi connectivity index (χ3n) is 8.64. The van der Waals surface area contributed by atoms with Crippen LogP contribution in [0.2, 0.25) is 0 Å². The van der Waals surface area contributed by atoms with Crippen LogP contribution in [0, 0.1) is 6.92 Å². The minimum Gasteiger partial charge on any atom is -0.458 e. The third-order valence-corrected chi connectivity index (χ3v) is 8.64. The van der Waals surface area contributed by atoms with E-state index >= 15 is 0 Å². The molecule has 39 heavy (non-hydrogen) atoms. The minimum absolute atomic E-state index is 0.0399. The molecule has 204 valence electrons. The number of pyridine rings is 2. The smallest absolute Gasteiger partial charge is 0.415 e. The van der Waals surface area contributed by atoms with Gasteiger partial charge in [0, 0.05) is 47.2 Å². The molecule has 3 aromatic rings. The maximum atomic E-state index is 13.4. The number of benzene rings is 1. The van der Waals surface area contributed by atoms with Crippen LogP contribution in [0.1, 0.15) is 49.4 Å². The van der Waals surface area contributed by atoms with Crippen molar-refractivity contribution in [2.24, 2.45) is 0 Å². The Morgan fingerprint density at radius 2 is 1.97 bits per heavy atom. The summed E-state index contributed by atoms with van der Waals surface area (Å²) in [4.78, 5) is 47.8. The fourth-order valence-corrected chi connectivity index (χ4v) is 5.99. The quantitative estimate of drug-likeness (QED) is 0.392. The average Bonchev–Trinajstić information content (AvgIpc) is 3.27. The van der Waals surface area contributed by atoms with Crippen molar-refractivity contribution in [2.45, 2.75) is 65.0 Å². The number of hydrogen-bond acceptors (Lipinski definition) is 8. The topological polar surface area (TPSA) is 114 Å². The van der Waals surface area contributed by atoms with Crippen molar-refractivity contribution < 1.29 is 24.2 Å². The Hall–Kier alpha value is -3.76. The highest BCUT2D eigenvalue weighted by molar-refractivity contribution is 5.90. The van der Waals surface area contributed by atoms with Gasteiger partial charge in [-0.3, -0.25) is 9.69 Å². The first kappa shape index (κ1) is 25.5. The van der Waals surface area contributed by atoms with Gasteiger partial charge in [-0.15, -0.1) is 0 Å². The zero-order chi connectivity index (χ0) is 27.8. The summed E-state index contributed by atoms with van der Waals surface area (Å²) in [6.07, 6.45) is -0.282. The van der Waals surface area contributed by atoms with Gasteiger partial charge in [-0.1, -0.05) is 6.92 Å². The van der Waals surface area contributed by atoms with Crippen LogP contribution < -0.4 is 10.3 Å². The molecule has 2 aromatic heterocycles. The second-order valence-electron chi connectivity index (χ2n) is 11.0. The minimum atomic E-state index is -1.86. The number of ether oxygens (including phenoxy) is 2. The van der Waals surface area contributed by atoms with Gasteiger partial charge >= 0.3 is 12.1 Å². The molecule has 5 heterocycles. The molecule has 0 radical (unpaired) electrons. The van der Waals surface area contributed by atoms with Gasteiger partial charge in [0.1, 0.15) is 12.4 Å². The van der Waals surface area contributed by atoms with Crippen molar-refractivity contribution >= 4 is 23.0 Å². The normalized spacial score (nSPS) is 24.3. The number of carbonyl (C=O) groups is 2. The van der Waals surface area contributed by atoms with E-state index in [1.165, 1.54) is 0 Å². The van der Waals surface area contributed by atoms with Crippen molar-refractivity contribution in [3.8, 4) is 17.1 Å². The monoisotopic (exact) mass is 532 g/mol. The Kier molecular flexibility index (Phi) is 5.82. The van der Waals surface area contributed by atoms with Crippen LogP contribution in [-0.4, -0.2) is 68.7 Å². The second-order valence-corrected chi connectivity index (χ2v) is 11.0. The van der Waals surface area contributed by atoms with Crippen LogP contribution >= 0.6 is 0 Å². The molecule has 0 bridgehead atoms. The largest absolute Gasteiger partial charge is 0.458 e. The maximum absolute atomic E-state index is 13.4. The molecular formula is C29H32N4O6. The van der Waals surface area contributed by atoms with Crippen LogP contribution in [-0.2, 0) is 28.3 Å². The first-order valence-electron chi connectivity index (χ1n) is 13.3. The van der Waals surface area contributed by atoms with Gasteiger partial charge in [-0.25, -0.2) is 14.6 Å². The lowest BCUT2D eigenvalue weighted by atomic mass is 9.86. The summed E-state index contributed by atoms with van der Waals surface area (Å²) in [5, 5.41) is 11.9. The molecule has 3 atom stereocenters. The molecule has 3 aliphatic heterocycles. The second kappa shape index (κ2) is 8.89. The van der Waals surface area contributed by atoms with Crippen molar-refractivity contribution in [1.82, 2.24) is 19.4 Å². The summed E-state index contributed by atoms with van der Waals surface area (Å²) in [5.74, 6) is -0.274. The average molecular weight is 533 g/mol. The number of hydrogen-bond donors (Lipinski definition) is 1. The van der Waals surface area contributed by atoms with Crippen molar-refractivity contribution in [3.63, 3.8) is 0 Å².